The third-order valence-corrected chi connectivity index (χ3v) is 4.25. The van der Waals surface area contributed by atoms with E-state index in [-0.39, 0.29) is 12.5 Å². The molecule has 2 aromatic carbocycles. The van der Waals surface area contributed by atoms with E-state index >= 15 is 0 Å². The van der Waals surface area contributed by atoms with E-state index in [1.54, 1.807) is 7.11 Å². The molecule has 0 saturated heterocycles. The second-order valence-electron chi connectivity index (χ2n) is 6.03. The second kappa shape index (κ2) is 10.3. The Morgan fingerprint density at radius 2 is 1.81 bits per heavy atom. The van der Waals surface area contributed by atoms with E-state index in [9.17, 15) is 4.79 Å². The Bertz CT molecular complexity index is 753. The third-order valence-electron chi connectivity index (χ3n) is 4.25. The molecule has 1 N–H and O–H groups in total. The molecule has 0 fully saturated rings. The van der Waals surface area contributed by atoms with Crippen molar-refractivity contribution in [2.45, 2.75) is 20.3 Å². The summed E-state index contributed by atoms with van der Waals surface area (Å²) in [5.41, 5.74) is 2.96. The lowest BCUT2D eigenvalue weighted by Gasteiger charge is -2.21. The minimum Gasteiger partial charge on any atom is -0.493 e. The fourth-order valence-electron chi connectivity index (χ4n) is 2.81. The molecule has 0 saturated carbocycles. The van der Waals surface area contributed by atoms with Crippen molar-refractivity contribution in [3.63, 3.8) is 0 Å². The van der Waals surface area contributed by atoms with Crippen molar-refractivity contribution in [2.24, 2.45) is 0 Å². The van der Waals surface area contributed by atoms with Gasteiger partial charge in [-0.2, -0.15) is 0 Å². The number of ether oxygens (including phenoxy) is 2. The first kappa shape index (κ1) is 20.4. The number of methoxy groups -OCH3 is 1. The molecule has 0 aliphatic rings. The van der Waals surface area contributed by atoms with Gasteiger partial charge in [0, 0.05) is 24.5 Å². The number of nitrogens with zero attached hydrogens (tertiary/aromatic N) is 1. The van der Waals surface area contributed by atoms with Crippen molar-refractivity contribution >= 4 is 17.3 Å². The topological polar surface area (TPSA) is 50.8 Å². The average Bonchev–Trinajstić information content (AvgIpc) is 2.69. The van der Waals surface area contributed by atoms with Crippen molar-refractivity contribution in [1.29, 1.82) is 0 Å². The van der Waals surface area contributed by atoms with Gasteiger partial charge in [-0.25, -0.2) is 0 Å². The summed E-state index contributed by atoms with van der Waals surface area (Å²) < 4.78 is 11.0. The number of anilines is 2. The quantitative estimate of drug-likeness (QED) is 0.636. The number of amides is 1. The molecule has 0 radical (unpaired) electrons. The van der Waals surface area contributed by atoms with Gasteiger partial charge in [0.15, 0.2) is 18.1 Å². The summed E-state index contributed by atoms with van der Waals surface area (Å²) >= 11 is 0. The van der Waals surface area contributed by atoms with Gasteiger partial charge in [-0.1, -0.05) is 12.1 Å². The van der Waals surface area contributed by atoms with E-state index in [0.717, 1.165) is 36.4 Å². The molecule has 0 unspecified atom stereocenters. The van der Waals surface area contributed by atoms with Gasteiger partial charge in [0.25, 0.3) is 5.91 Å². The Morgan fingerprint density at radius 3 is 2.41 bits per heavy atom. The Hall–Kier alpha value is -2.95. The maximum atomic E-state index is 12.2. The second-order valence-corrected chi connectivity index (χ2v) is 6.03. The maximum Gasteiger partial charge on any atom is 0.262 e. The molecule has 144 valence electrons. The summed E-state index contributed by atoms with van der Waals surface area (Å²) in [5.74, 6) is 0.922. The Morgan fingerprint density at radius 1 is 1.11 bits per heavy atom. The van der Waals surface area contributed by atoms with E-state index in [4.69, 9.17) is 9.47 Å². The highest BCUT2D eigenvalue weighted by molar-refractivity contribution is 5.92. The van der Waals surface area contributed by atoms with E-state index < -0.39 is 0 Å². The van der Waals surface area contributed by atoms with Crippen molar-refractivity contribution in [3.8, 4) is 11.5 Å². The Labute approximate surface area is 161 Å². The van der Waals surface area contributed by atoms with Crippen LogP contribution in [0.2, 0.25) is 0 Å². The standard InChI is InChI=1S/C22H28N2O3/c1-5-8-17-9-14-20(21(15-17)26-4)27-16-22(25)23-18-10-12-19(13-11-18)24(6-2)7-3/h5,9-15H,1,6-8,16H2,2-4H3,(H,23,25). The van der Waals surface area contributed by atoms with E-state index in [2.05, 4.69) is 30.6 Å². The first-order valence-electron chi connectivity index (χ1n) is 9.16. The number of carbonyl (C=O) groups is 1. The number of carbonyl (C=O) groups excluding carboxylic acids is 1. The number of hydrogen-bond acceptors (Lipinski definition) is 4. The molecule has 5 nitrogen and oxygen atoms in total. The summed E-state index contributed by atoms with van der Waals surface area (Å²) in [4.78, 5) is 14.4. The number of hydrogen-bond donors (Lipinski definition) is 1. The highest BCUT2D eigenvalue weighted by Crippen LogP contribution is 2.28. The average molecular weight is 368 g/mol. The molecule has 2 rings (SSSR count). The molecule has 1 amide bonds. The molecule has 0 spiro atoms. The minimum absolute atomic E-state index is 0.0883. The lowest BCUT2D eigenvalue weighted by Crippen LogP contribution is -2.22. The zero-order valence-corrected chi connectivity index (χ0v) is 16.3. The van der Waals surface area contributed by atoms with Crippen molar-refractivity contribution in [1.82, 2.24) is 0 Å². The van der Waals surface area contributed by atoms with E-state index in [1.807, 2.05) is 48.5 Å². The van der Waals surface area contributed by atoms with Gasteiger partial charge in [-0.3, -0.25) is 4.79 Å². The smallest absolute Gasteiger partial charge is 0.262 e. The van der Waals surface area contributed by atoms with Crippen LogP contribution in [-0.2, 0) is 11.2 Å². The minimum atomic E-state index is -0.220. The molecule has 2 aromatic rings. The van der Waals surface area contributed by atoms with Gasteiger partial charge in [0.05, 0.1) is 7.11 Å². The largest absolute Gasteiger partial charge is 0.493 e. The van der Waals surface area contributed by atoms with Crippen molar-refractivity contribution < 1.29 is 14.3 Å². The summed E-state index contributed by atoms with van der Waals surface area (Å²) in [6.07, 6.45) is 2.58. The predicted octanol–water partition coefficient (Wildman–Crippen LogP) is 4.29. The number of allylic oxidation sites excluding steroid dienone is 1. The van der Waals surface area contributed by atoms with Gasteiger partial charge >= 0.3 is 0 Å². The first-order chi connectivity index (χ1) is 13.1. The lowest BCUT2D eigenvalue weighted by atomic mass is 10.1. The van der Waals surface area contributed by atoms with Crippen LogP contribution in [0.1, 0.15) is 19.4 Å². The summed E-state index contributed by atoms with van der Waals surface area (Å²) in [6.45, 7) is 9.78. The van der Waals surface area contributed by atoms with Gasteiger partial charge in [0.2, 0.25) is 0 Å². The summed E-state index contributed by atoms with van der Waals surface area (Å²) in [7, 11) is 1.58. The van der Waals surface area contributed by atoms with Crippen LogP contribution >= 0.6 is 0 Å². The van der Waals surface area contributed by atoms with Crippen LogP contribution in [0.3, 0.4) is 0 Å². The summed E-state index contributed by atoms with van der Waals surface area (Å²) in [6, 6.07) is 13.4. The molecule has 0 aliphatic heterocycles. The molecule has 0 heterocycles. The lowest BCUT2D eigenvalue weighted by molar-refractivity contribution is -0.118. The fourth-order valence-corrected chi connectivity index (χ4v) is 2.81. The number of benzene rings is 2. The van der Waals surface area contributed by atoms with Crippen molar-refractivity contribution in [3.05, 3.63) is 60.7 Å². The third kappa shape index (κ3) is 5.78. The molecule has 0 aliphatic carbocycles. The predicted molar refractivity (Wildman–Crippen MR) is 111 cm³/mol. The Balaban J connectivity index is 1.93. The van der Waals surface area contributed by atoms with E-state index in [1.165, 1.54) is 0 Å². The van der Waals surface area contributed by atoms with Crippen molar-refractivity contribution in [2.75, 3.05) is 37.0 Å². The van der Waals surface area contributed by atoms with Crippen LogP contribution in [0.15, 0.2) is 55.1 Å². The zero-order chi connectivity index (χ0) is 19.6. The maximum absolute atomic E-state index is 12.2. The molecule has 27 heavy (non-hydrogen) atoms. The van der Waals surface area contributed by atoms with Gasteiger partial charge in [0.1, 0.15) is 0 Å². The van der Waals surface area contributed by atoms with E-state index in [0.29, 0.717) is 11.5 Å². The SMILES string of the molecule is C=CCc1ccc(OCC(=O)Nc2ccc(N(CC)CC)cc2)c(OC)c1. The normalized spacial score (nSPS) is 10.2. The van der Waals surface area contributed by atoms with Crippen LogP contribution in [0.5, 0.6) is 11.5 Å². The molecule has 0 aromatic heterocycles. The molecule has 5 heteroatoms. The van der Waals surface area contributed by atoms with Crippen LogP contribution in [-0.4, -0.2) is 32.7 Å². The number of rotatable bonds is 10. The first-order valence-corrected chi connectivity index (χ1v) is 9.16. The Kier molecular flexibility index (Phi) is 7.74. The van der Waals surface area contributed by atoms with Gasteiger partial charge in [-0.05, 0) is 62.2 Å². The zero-order valence-electron chi connectivity index (χ0n) is 16.3. The highest BCUT2D eigenvalue weighted by Gasteiger charge is 2.09. The molecule has 0 bridgehead atoms. The van der Waals surface area contributed by atoms with Crippen LogP contribution < -0.4 is 19.7 Å². The monoisotopic (exact) mass is 368 g/mol. The van der Waals surface area contributed by atoms with Crippen LogP contribution in [0, 0.1) is 0 Å². The number of nitrogens with one attached hydrogen (secondary N) is 1. The van der Waals surface area contributed by atoms with Crippen LogP contribution in [0.25, 0.3) is 0 Å². The molecule has 0 atom stereocenters. The summed E-state index contributed by atoms with van der Waals surface area (Å²) in [5, 5.41) is 2.85. The fraction of sp³-hybridized carbons (Fsp3) is 0.318. The van der Waals surface area contributed by atoms with Gasteiger partial charge in [-0.15, -0.1) is 6.58 Å². The van der Waals surface area contributed by atoms with Gasteiger partial charge < -0.3 is 19.7 Å². The molecular weight excluding hydrogens is 340 g/mol. The van der Waals surface area contributed by atoms with Crippen LogP contribution in [0.4, 0.5) is 11.4 Å². The molecular formula is C22H28N2O3. The highest BCUT2D eigenvalue weighted by atomic mass is 16.5.